The van der Waals surface area contributed by atoms with Crippen molar-refractivity contribution in [1.82, 2.24) is 15.2 Å². The molecule has 3 aromatic rings. The topological polar surface area (TPSA) is 60.0 Å². The van der Waals surface area contributed by atoms with Crippen molar-refractivity contribution in [1.29, 1.82) is 0 Å². The molecule has 5 heteroatoms. The summed E-state index contributed by atoms with van der Waals surface area (Å²) < 4.78 is 10.8. The van der Waals surface area contributed by atoms with Gasteiger partial charge in [0.25, 0.3) is 0 Å². The summed E-state index contributed by atoms with van der Waals surface area (Å²) in [5.74, 6) is 1.44. The zero-order valence-corrected chi connectivity index (χ0v) is 12.8. The number of nitrogens with zero attached hydrogens (tertiary/aromatic N) is 2. The van der Waals surface area contributed by atoms with Crippen molar-refractivity contribution in [2.45, 2.75) is 6.92 Å². The summed E-state index contributed by atoms with van der Waals surface area (Å²) in [5, 5.41) is 7.39. The smallest absolute Gasteiger partial charge is 0.163 e. The van der Waals surface area contributed by atoms with Gasteiger partial charge in [-0.3, -0.25) is 10.1 Å². The summed E-state index contributed by atoms with van der Waals surface area (Å²) >= 11 is 0. The Bertz CT molecular complexity index is 782. The summed E-state index contributed by atoms with van der Waals surface area (Å²) in [4.78, 5) is 4.32. The molecule has 5 nitrogen and oxygen atoms in total. The molecule has 0 atom stereocenters. The number of nitrogens with one attached hydrogen (secondary N) is 1. The highest BCUT2D eigenvalue weighted by molar-refractivity contribution is 5.70. The Morgan fingerprint density at radius 1 is 1.00 bits per heavy atom. The Morgan fingerprint density at radius 3 is 2.55 bits per heavy atom. The van der Waals surface area contributed by atoms with Gasteiger partial charge in [0.05, 0.1) is 31.3 Å². The summed E-state index contributed by atoms with van der Waals surface area (Å²) in [6.45, 7) is 1.98. The minimum Gasteiger partial charge on any atom is -0.493 e. The third-order valence-corrected chi connectivity index (χ3v) is 3.48. The van der Waals surface area contributed by atoms with Gasteiger partial charge in [0.15, 0.2) is 11.5 Å². The lowest BCUT2D eigenvalue weighted by Gasteiger charge is -2.11. The summed E-state index contributed by atoms with van der Waals surface area (Å²) in [5.41, 5.74) is 4.54. The molecule has 0 aliphatic carbocycles. The molecular formula is C17H17N3O2. The lowest BCUT2D eigenvalue weighted by molar-refractivity contribution is 0.353. The van der Waals surface area contributed by atoms with E-state index >= 15 is 0 Å². The number of methoxy groups -OCH3 is 2. The molecule has 0 aliphatic rings. The minimum absolute atomic E-state index is 0.694. The van der Waals surface area contributed by atoms with Gasteiger partial charge in [-0.25, -0.2) is 0 Å². The van der Waals surface area contributed by atoms with Crippen LogP contribution in [0.15, 0.2) is 42.6 Å². The zero-order valence-electron chi connectivity index (χ0n) is 12.8. The number of pyridine rings is 1. The Kier molecular flexibility index (Phi) is 3.78. The van der Waals surface area contributed by atoms with Gasteiger partial charge >= 0.3 is 0 Å². The molecule has 0 radical (unpaired) electrons. The molecule has 0 saturated carbocycles. The predicted molar refractivity (Wildman–Crippen MR) is 85.1 cm³/mol. The van der Waals surface area contributed by atoms with Gasteiger partial charge in [-0.05, 0) is 42.8 Å². The van der Waals surface area contributed by atoms with Crippen molar-refractivity contribution >= 4 is 0 Å². The van der Waals surface area contributed by atoms with Crippen LogP contribution in [0.4, 0.5) is 0 Å². The van der Waals surface area contributed by atoms with Gasteiger partial charge < -0.3 is 9.47 Å². The maximum absolute atomic E-state index is 5.40. The van der Waals surface area contributed by atoms with Crippen LogP contribution in [0.1, 0.15) is 5.56 Å². The van der Waals surface area contributed by atoms with Crippen molar-refractivity contribution in [3.05, 3.63) is 48.2 Å². The van der Waals surface area contributed by atoms with Crippen LogP contribution in [0, 0.1) is 6.92 Å². The number of ether oxygens (including phenoxy) is 2. The van der Waals surface area contributed by atoms with Crippen LogP contribution in [0.2, 0.25) is 0 Å². The van der Waals surface area contributed by atoms with Crippen LogP contribution >= 0.6 is 0 Å². The Labute approximate surface area is 128 Å². The van der Waals surface area contributed by atoms with E-state index in [0.717, 1.165) is 34.0 Å². The molecule has 112 valence electrons. The van der Waals surface area contributed by atoms with Crippen LogP contribution in [-0.2, 0) is 0 Å². The monoisotopic (exact) mass is 295 g/mol. The molecular weight excluding hydrogens is 278 g/mol. The normalized spacial score (nSPS) is 10.5. The second kappa shape index (κ2) is 5.89. The molecule has 0 spiro atoms. The van der Waals surface area contributed by atoms with Crippen LogP contribution < -0.4 is 9.47 Å². The molecule has 2 aromatic heterocycles. The summed E-state index contributed by atoms with van der Waals surface area (Å²) in [6, 6.07) is 11.7. The number of hydrogen-bond acceptors (Lipinski definition) is 4. The number of H-pyrrole nitrogens is 1. The van der Waals surface area contributed by atoms with Crippen molar-refractivity contribution < 1.29 is 9.47 Å². The first kappa shape index (κ1) is 14.1. The number of aromatic nitrogens is 3. The maximum atomic E-state index is 5.40. The van der Waals surface area contributed by atoms with E-state index in [1.807, 2.05) is 43.3 Å². The fourth-order valence-corrected chi connectivity index (χ4v) is 2.43. The van der Waals surface area contributed by atoms with Crippen molar-refractivity contribution in [2.75, 3.05) is 14.2 Å². The molecule has 0 bridgehead atoms. The van der Waals surface area contributed by atoms with Gasteiger partial charge in [-0.2, -0.15) is 5.10 Å². The van der Waals surface area contributed by atoms with Gasteiger partial charge in [0.1, 0.15) is 0 Å². The Morgan fingerprint density at radius 2 is 1.86 bits per heavy atom. The number of hydrogen-bond donors (Lipinski definition) is 1. The largest absolute Gasteiger partial charge is 0.493 e. The van der Waals surface area contributed by atoms with Crippen molar-refractivity contribution in [3.8, 4) is 34.1 Å². The SMILES string of the molecule is COc1cc(-c2cc(-c3ccccn3)[nH]n2)cc(C)c1OC. The fourth-order valence-electron chi connectivity index (χ4n) is 2.43. The predicted octanol–water partition coefficient (Wildman–Crippen LogP) is 3.46. The first-order valence-corrected chi connectivity index (χ1v) is 6.92. The van der Waals surface area contributed by atoms with E-state index in [2.05, 4.69) is 15.2 Å². The highest BCUT2D eigenvalue weighted by atomic mass is 16.5. The second-order valence-corrected chi connectivity index (χ2v) is 4.91. The van der Waals surface area contributed by atoms with E-state index in [9.17, 15) is 0 Å². The van der Waals surface area contributed by atoms with E-state index in [-0.39, 0.29) is 0 Å². The standard InChI is InChI=1S/C17H17N3O2/c1-11-8-12(9-16(21-2)17(11)22-3)14-10-15(20-19-14)13-6-4-5-7-18-13/h4-10H,1-3H3,(H,19,20). The molecule has 3 rings (SSSR count). The number of aryl methyl sites for hydroxylation is 1. The quantitative estimate of drug-likeness (QED) is 0.800. The van der Waals surface area contributed by atoms with Crippen LogP contribution in [0.5, 0.6) is 11.5 Å². The summed E-state index contributed by atoms with van der Waals surface area (Å²) in [7, 11) is 3.27. The summed E-state index contributed by atoms with van der Waals surface area (Å²) in [6.07, 6.45) is 1.76. The molecule has 22 heavy (non-hydrogen) atoms. The molecule has 1 N–H and O–H groups in total. The Hall–Kier alpha value is -2.82. The first-order chi connectivity index (χ1) is 10.7. The van der Waals surface area contributed by atoms with Crippen molar-refractivity contribution in [3.63, 3.8) is 0 Å². The van der Waals surface area contributed by atoms with Crippen LogP contribution in [0.25, 0.3) is 22.6 Å². The van der Waals surface area contributed by atoms with E-state index in [0.29, 0.717) is 5.75 Å². The van der Waals surface area contributed by atoms with Gasteiger partial charge in [0, 0.05) is 11.8 Å². The molecule has 0 amide bonds. The zero-order chi connectivity index (χ0) is 15.5. The number of benzene rings is 1. The molecule has 0 saturated heterocycles. The van der Waals surface area contributed by atoms with Gasteiger partial charge in [-0.1, -0.05) is 6.07 Å². The van der Waals surface area contributed by atoms with Crippen LogP contribution in [0.3, 0.4) is 0 Å². The minimum atomic E-state index is 0.694. The third kappa shape index (κ3) is 2.53. The highest BCUT2D eigenvalue weighted by Gasteiger charge is 2.13. The molecule has 0 fully saturated rings. The third-order valence-electron chi connectivity index (χ3n) is 3.48. The lowest BCUT2D eigenvalue weighted by atomic mass is 10.1. The average Bonchev–Trinajstić information content (AvgIpc) is 3.05. The van der Waals surface area contributed by atoms with Gasteiger partial charge in [0.2, 0.25) is 0 Å². The second-order valence-electron chi connectivity index (χ2n) is 4.91. The van der Waals surface area contributed by atoms with E-state index < -0.39 is 0 Å². The lowest BCUT2D eigenvalue weighted by Crippen LogP contribution is -1.94. The number of rotatable bonds is 4. The molecule has 0 aliphatic heterocycles. The Balaban J connectivity index is 2.02. The van der Waals surface area contributed by atoms with E-state index in [1.54, 1.807) is 20.4 Å². The van der Waals surface area contributed by atoms with E-state index in [1.165, 1.54) is 0 Å². The first-order valence-electron chi connectivity index (χ1n) is 6.92. The number of aromatic amines is 1. The molecule has 1 aromatic carbocycles. The molecule has 2 heterocycles. The fraction of sp³-hybridized carbons (Fsp3) is 0.176. The highest BCUT2D eigenvalue weighted by Crippen LogP contribution is 2.35. The average molecular weight is 295 g/mol. The van der Waals surface area contributed by atoms with E-state index in [4.69, 9.17) is 9.47 Å². The van der Waals surface area contributed by atoms with Crippen LogP contribution in [-0.4, -0.2) is 29.4 Å². The van der Waals surface area contributed by atoms with Crippen molar-refractivity contribution in [2.24, 2.45) is 0 Å². The van der Waals surface area contributed by atoms with Gasteiger partial charge in [-0.15, -0.1) is 0 Å². The maximum Gasteiger partial charge on any atom is 0.163 e. The molecule has 0 unspecified atom stereocenters.